The molecule has 17 heavy (non-hydrogen) atoms. The summed E-state index contributed by atoms with van der Waals surface area (Å²) in [5.41, 5.74) is 2.53. The van der Waals surface area contributed by atoms with Crippen LogP contribution in [-0.4, -0.2) is 16.6 Å². The number of pyridine rings is 1. The van der Waals surface area contributed by atoms with Gasteiger partial charge in [-0.1, -0.05) is 6.07 Å². The smallest absolute Gasteiger partial charge is 0.191 e. The van der Waals surface area contributed by atoms with Crippen molar-refractivity contribution in [3.63, 3.8) is 0 Å². The van der Waals surface area contributed by atoms with Crippen molar-refractivity contribution < 1.29 is 9.59 Å². The number of rotatable bonds is 1. The molecule has 1 aliphatic rings. The molecular formula is C14H13NO2. The number of allylic oxidation sites excluding steroid dienone is 4. The van der Waals surface area contributed by atoms with E-state index in [0.29, 0.717) is 28.0 Å². The van der Waals surface area contributed by atoms with E-state index in [1.807, 2.05) is 0 Å². The van der Waals surface area contributed by atoms with E-state index in [9.17, 15) is 9.59 Å². The van der Waals surface area contributed by atoms with E-state index in [0.717, 1.165) is 0 Å². The molecule has 0 unspecified atom stereocenters. The van der Waals surface area contributed by atoms with Crippen LogP contribution in [0, 0.1) is 0 Å². The lowest BCUT2D eigenvalue weighted by atomic mass is 9.84. The van der Waals surface area contributed by atoms with Gasteiger partial charge in [-0.2, -0.15) is 0 Å². The zero-order valence-electron chi connectivity index (χ0n) is 10.1. The van der Waals surface area contributed by atoms with E-state index in [4.69, 9.17) is 0 Å². The van der Waals surface area contributed by atoms with Gasteiger partial charge >= 0.3 is 0 Å². The first kappa shape index (κ1) is 11.5. The summed E-state index contributed by atoms with van der Waals surface area (Å²) in [7, 11) is 0. The topological polar surface area (TPSA) is 47.0 Å². The average Bonchev–Trinajstić information content (AvgIpc) is 2.36. The number of carbonyl (C=O) groups is 2. The number of Topliss-reactive ketones (excluding diaryl/α,β-unsaturated/α-hetero) is 2. The summed E-state index contributed by atoms with van der Waals surface area (Å²) in [6, 6.07) is 5.33. The molecule has 0 aliphatic heterocycles. The predicted octanol–water partition coefficient (Wildman–Crippen LogP) is 2.34. The molecule has 1 aromatic heterocycles. The van der Waals surface area contributed by atoms with Gasteiger partial charge in [0, 0.05) is 22.9 Å². The van der Waals surface area contributed by atoms with Crippen molar-refractivity contribution in [1.82, 2.24) is 4.98 Å². The minimum atomic E-state index is -0.0988. The van der Waals surface area contributed by atoms with Crippen molar-refractivity contribution in [2.45, 2.75) is 20.8 Å². The summed E-state index contributed by atoms with van der Waals surface area (Å²) in [6.07, 6.45) is 1.62. The van der Waals surface area contributed by atoms with E-state index in [2.05, 4.69) is 4.98 Å². The summed E-state index contributed by atoms with van der Waals surface area (Å²) in [5, 5.41) is 0. The maximum Gasteiger partial charge on any atom is 0.191 e. The van der Waals surface area contributed by atoms with Crippen LogP contribution >= 0.6 is 0 Å². The van der Waals surface area contributed by atoms with Gasteiger partial charge in [0.1, 0.15) is 0 Å². The molecule has 1 aromatic rings. The molecule has 3 nitrogen and oxygen atoms in total. The zero-order chi connectivity index (χ0) is 12.6. The maximum absolute atomic E-state index is 12.2. The SMILES string of the molecule is CC1=C(C)C(=O)C(c2ccccn2)=C(C)C1=O. The molecule has 1 aliphatic carbocycles. The van der Waals surface area contributed by atoms with E-state index in [1.54, 1.807) is 45.2 Å². The second-order valence-electron chi connectivity index (χ2n) is 4.12. The molecule has 0 N–H and O–H groups in total. The molecule has 2 rings (SSSR count). The standard InChI is InChI=1S/C14H13NO2/c1-8-9(2)14(17)12(10(3)13(8)16)11-6-4-5-7-15-11/h4-7H,1-3H3. The largest absolute Gasteiger partial charge is 0.289 e. The monoisotopic (exact) mass is 227 g/mol. The first-order valence-corrected chi connectivity index (χ1v) is 5.43. The molecule has 0 bridgehead atoms. The van der Waals surface area contributed by atoms with E-state index < -0.39 is 0 Å². The molecule has 3 heteroatoms. The normalized spacial score (nSPS) is 16.9. The molecule has 0 aromatic carbocycles. The Morgan fingerprint density at radius 1 is 0.882 bits per heavy atom. The predicted molar refractivity (Wildman–Crippen MR) is 65.2 cm³/mol. The second-order valence-corrected chi connectivity index (χ2v) is 4.12. The Labute approximate surface area is 99.9 Å². The first-order valence-electron chi connectivity index (χ1n) is 5.43. The van der Waals surface area contributed by atoms with Crippen LogP contribution in [-0.2, 0) is 9.59 Å². The van der Waals surface area contributed by atoms with E-state index >= 15 is 0 Å². The molecule has 0 atom stereocenters. The highest BCUT2D eigenvalue weighted by Crippen LogP contribution is 2.29. The lowest BCUT2D eigenvalue weighted by Crippen LogP contribution is -2.20. The highest BCUT2D eigenvalue weighted by Gasteiger charge is 2.29. The number of nitrogens with zero attached hydrogens (tertiary/aromatic N) is 1. The van der Waals surface area contributed by atoms with E-state index in [1.165, 1.54) is 0 Å². The van der Waals surface area contributed by atoms with Crippen molar-refractivity contribution in [3.8, 4) is 0 Å². The molecule has 0 saturated carbocycles. The fraction of sp³-hybridized carbons (Fsp3) is 0.214. The minimum Gasteiger partial charge on any atom is -0.289 e. The van der Waals surface area contributed by atoms with E-state index in [-0.39, 0.29) is 11.6 Å². The third-order valence-corrected chi connectivity index (χ3v) is 3.11. The first-order chi connectivity index (χ1) is 8.04. The number of ketones is 2. The Hall–Kier alpha value is -2.03. The quantitative estimate of drug-likeness (QED) is 0.692. The minimum absolute atomic E-state index is 0.0669. The fourth-order valence-corrected chi connectivity index (χ4v) is 1.91. The van der Waals surface area contributed by atoms with Gasteiger partial charge < -0.3 is 0 Å². The van der Waals surface area contributed by atoms with Crippen LogP contribution in [0.4, 0.5) is 0 Å². The van der Waals surface area contributed by atoms with Crippen molar-refractivity contribution in [1.29, 1.82) is 0 Å². The highest BCUT2D eigenvalue weighted by molar-refractivity contribution is 6.38. The molecule has 0 radical (unpaired) electrons. The number of hydrogen-bond acceptors (Lipinski definition) is 3. The summed E-state index contributed by atoms with van der Waals surface area (Å²) >= 11 is 0. The van der Waals surface area contributed by atoms with Gasteiger partial charge in [0.2, 0.25) is 0 Å². The molecule has 86 valence electrons. The van der Waals surface area contributed by atoms with Gasteiger partial charge in [0.05, 0.1) is 11.3 Å². The van der Waals surface area contributed by atoms with Crippen LogP contribution in [0.25, 0.3) is 5.57 Å². The van der Waals surface area contributed by atoms with Crippen LogP contribution in [0.1, 0.15) is 26.5 Å². The van der Waals surface area contributed by atoms with Crippen molar-refractivity contribution in [2.24, 2.45) is 0 Å². The number of hydrogen-bond donors (Lipinski definition) is 0. The summed E-state index contributed by atoms with van der Waals surface area (Å²) in [4.78, 5) is 28.3. The molecule has 0 saturated heterocycles. The van der Waals surface area contributed by atoms with Crippen LogP contribution in [0.2, 0.25) is 0 Å². The third-order valence-electron chi connectivity index (χ3n) is 3.11. The van der Waals surface area contributed by atoms with Crippen LogP contribution in [0.15, 0.2) is 41.1 Å². The molecule has 0 fully saturated rings. The Morgan fingerprint density at radius 3 is 2.12 bits per heavy atom. The summed E-state index contributed by atoms with van der Waals surface area (Å²) in [5.74, 6) is -0.166. The molecular weight excluding hydrogens is 214 g/mol. The Bertz CT molecular complexity index is 565. The number of carbonyl (C=O) groups excluding carboxylic acids is 2. The Morgan fingerprint density at radius 2 is 1.53 bits per heavy atom. The third kappa shape index (κ3) is 1.73. The highest BCUT2D eigenvalue weighted by atomic mass is 16.1. The zero-order valence-corrected chi connectivity index (χ0v) is 10.1. The van der Waals surface area contributed by atoms with Gasteiger partial charge in [-0.05, 0) is 32.9 Å². The van der Waals surface area contributed by atoms with Crippen LogP contribution in [0.5, 0.6) is 0 Å². The lowest BCUT2D eigenvalue weighted by Gasteiger charge is -2.17. The molecule has 0 spiro atoms. The van der Waals surface area contributed by atoms with Gasteiger partial charge in [-0.25, -0.2) is 0 Å². The Kier molecular flexibility index (Phi) is 2.76. The Balaban J connectivity index is 2.63. The average molecular weight is 227 g/mol. The van der Waals surface area contributed by atoms with Crippen molar-refractivity contribution in [2.75, 3.05) is 0 Å². The summed E-state index contributed by atoms with van der Waals surface area (Å²) in [6.45, 7) is 5.05. The fourth-order valence-electron chi connectivity index (χ4n) is 1.91. The van der Waals surface area contributed by atoms with Gasteiger partial charge in [-0.15, -0.1) is 0 Å². The lowest BCUT2D eigenvalue weighted by molar-refractivity contribution is -0.115. The van der Waals surface area contributed by atoms with Crippen molar-refractivity contribution >= 4 is 17.1 Å². The van der Waals surface area contributed by atoms with Crippen LogP contribution < -0.4 is 0 Å². The van der Waals surface area contributed by atoms with Gasteiger partial charge in [-0.3, -0.25) is 14.6 Å². The summed E-state index contributed by atoms with van der Waals surface area (Å²) < 4.78 is 0. The maximum atomic E-state index is 12.2. The molecule has 0 amide bonds. The number of aromatic nitrogens is 1. The van der Waals surface area contributed by atoms with Gasteiger partial charge in [0.15, 0.2) is 11.6 Å². The molecule has 1 heterocycles. The van der Waals surface area contributed by atoms with Gasteiger partial charge in [0.25, 0.3) is 0 Å². The second kappa shape index (κ2) is 4.09. The van der Waals surface area contributed by atoms with Crippen molar-refractivity contribution in [3.05, 3.63) is 46.8 Å². The van der Waals surface area contributed by atoms with Crippen LogP contribution in [0.3, 0.4) is 0 Å².